The minimum atomic E-state index is -4.81. The molecule has 0 saturated heterocycles. The van der Waals surface area contributed by atoms with Gasteiger partial charge in [0.1, 0.15) is 0 Å². The van der Waals surface area contributed by atoms with E-state index in [0.717, 1.165) is 0 Å². The average Bonchev–Trinajstić information content (AvgIpc) is 2.26. The van der Waals surface area contributed by atoms with E-state index in [-0.39, 0.29) is 11.6 Å². The van der Waals surface area contributed by atoms with Gasteiger partial charge < -0.3 is 0 Å². The lowest BCUT2D eigenvalue weighted by Crippen LogP contribution is -2.11. The maximum absolute atomic E-state index is 12.6. The van der Waals surface area contributed by atoms with Crippen molar-refractivity contribution < 1.29 is 26.3 Å². The maximum atomic E-state index is 12.6. The molecule has 0 aromatic heterocycles. The molecule has 0 fully saturated rings. The van der Waals surface area contributed by atoms with E-state index in [4.69, 9.17) is 0 Å². The molecule has 0 unspecified atom stereocenters. The van der Waals surface area contributed by atoms with Gasteiger partial charge in [-0.1, -0.05) is 27.6 Å². The molecule has 0 heterocycles. The Hall–Kier alpha value is -0.980. The fraction of sp³-hybridized carbons (Fsp3) is 0.333. The summed E-state index contributed by atoms with van der Waals surface area (Å²) in [4.78, 5) is 0. The molecule has 106 valence electrons. The van der Waals surface area contributed by atoms with E-state index in [0.29, 0.717) is 23.0 Å². The van der Waals surface area contributed by atoms with E-state index in [1.54, 1.807) is 6.92 Å². The second kappa shape index (κ2) is 5.56. The normalized spacial score (nSPS) is 13.8. The zero-order chi connectivity index (χ0) is 14.8. The van der Waals surface area contributed by atoms with Gasteiger partial charge in [-0.25, -0.2) is 0 Å². The van der Waals surface area contributed by atoms with Crippen molar-refractivity contribution in [2.24, 2.45) is 0 Å². The number of rotatable bonds is 2. The predicted molar refractivity (Wildman–Crippen MR) is 63.9 cm³/mol. The largest absolute Gasteiger partial charge is 0.416 e. The van der Waals surface area contributed by atoms with Gasteiger partial charge >= 0.3 is 12.4 Å². The van der Waals surface area contributed by atoms with Crippen LogP contribution in [0.1, 0.15) is 23.6 Å². The molecule has 0 N–H and O–H groups in total. The van der Waals surface area contributed by atoms with Gasteiger partial charge in [0.2, 0.25) is 0 Å². The van der Waals surface area contributed by atoms with Crippen molar-refractivity contribution in [2.45, 2.75) is 19.3 Å². The fourth-order valence-corrected chi connectivity index (χ4v) is 1.55. The number of allylic oxidation sites excluding steroid dienone is 1. The Labute approximate surface area is 114 Å². The van der Waals surface area contributed by atoms with Gasteiger partial charge in [0.05, 0.1) is 11.1 Å². The zero-order valence-electron chi connectivity index (χ0n) is 9.66. The summed E-state index contributed by atoms with van der Waals surface area (Å²) in [6, 6.07) is 1.50. The van der Waals surface area contributed by atoms with E-state index >= 15 is 0 Å². The van der Waals surface area contributed by atoms with Crippen molar-refractivity contribution in [1.29, 1.82) is 0 Å². The number of hydrogen-bond acceptors (Lipinski definition) is 0. The molecule has 1 rings (SSSR count). The molecule has 1 aromatic rings. The summed E-state index contributed by atoms with van der Waals surface area (Å²) < 4.78 is 75.3. The van der Waals surface area contributed by atoms with Gasteiger partial charge in [-0.3, -0.25) is 0 Å². The van der Waals surface area contributed by atoms with Crippen molar-refractivity contribution in [3.05, 3.63) is 40.5 Å². The molecule has 0 saturated carbocycles. The quantitative estimate of drug-likeness (QED) is 0.488. The maximum Gasteiger partial charge on any atom is 0.416 e. The van der Waals surface area contributed by atoms with Crippen LogP contribution in [0, 0.1) is 0 Å². The molecule has 7 heteroatoms. The summed E-state index contributed by atoms with van der Waals surface area (Å²) in [6.07, 6.45) is -8.35. The summed E-state index contributed by atoms with van der Waals surface area (Å²) >= 11 is 3.08. The van der Waals surface area contributed by atoms with Gasteiger partial charge in [-0.05, 0) is 30.7 Å². The lowest BCUT2D eigenvalue weighted by molar-refractivity contribution is -0.143. The van der Waals surface area contributed by atoms with Gasteiger partial charge in [0.25, 0.3) is 0 Å². The van der Waals surface area contributed by atoms with Crippen LogP contribution in [0.4, 0.5) is 26.3 Å². The molecule has 1 aromatic carbocycles. The van der Waals surface area contributed by atoms with Gasteiger partial charge in [-0.15, -0.1) is 0 Å². The average molecular weight is 347 g/mol. The Morgan fingerprint density at radius 3 is 1.74 bits per heavy atom. The van der Waals surface area contributed by atoms with Crippen LogP contribution >= 0.6 is 15.9 Å². The summed E-state index contributed by atoms with van der Waals surface area (Å²) in [5.41, 5.74) is -2.13. The molecule has 0 bridgehead atoms. The van der Waals surface area contributed by atoms with Crippen LogP contribution in [0.15, 0.2) is 23.8 Å². The van der Waals surface area contributed by atoms with E-state index < -0.39 is 23.5 Å². The van der Waals surface area contributed by atoms with Crippen molar-refractivity contribution in [3.8, 4) is 0 Å². The molecule has 0 amide bonds. The van der Waals surface area contributed by atoms with Crippen molar-refractivity contribution in [2.75, 3.05) is 5.33 Å². The molecule has 0 aliphatic carbocycles. The number of alkyl halides is 7. The summed E-state index contributed by atoms with van der Waals surface area (Å²) in [6.45, 7) is 1.60. The van der Waals surface area contributed by atoms with Crippen LogP contribution in [0.25, 0.3) is 6.08 Å². The van der Waals surface area contributed by atoms with E-state index in [9.17, 15) is 26.3 Å². The van der Waals surface area contributed by atoms with Crippen molar-refractivity contribution in [1.82, 2.24) is 0 Å². The molecule has 0 spiro atoms. The Kier molecular flexibility index (Phi) is 4.71. The van der Waals surface area contributed by atoms with E-state index in [1.807, 2.05) is 0 Å². The van der Waals surface area contributed by atoms with E-state index in [2.05, 4.69) is 15.9 Å². The molecule has 19 heavy (non-hydrogen) atoms. The van der Waals surface area contributed by atoms with Crippen LogP contribution in [0.3, 0.4) is 0 Å². The summed E-state index contributed by atoms with van der Waals surface area (Å²) in [5.74, 6) is 0. The third kappa shape index (κ3) is 4.56. The molecule has 0 aliphatic heterocycles. The molecular weight excluding hydrogens is 338 g/mol. The van der Waals surface area contributed by atoms with Crippen molar-refractivity contribution in [3.63, 3.8) is 0 Å². The summed E-state index contributed by atoms with van der Waals surface area (Å²) in [5, 5.41) is 0.366. The predicted octanol–water partition coefficient (Wildman–Crippen LogP) is 5.52. The fourth-order valence-electron chi connectivity index (χ4n) is 1.39. The van der Waals surface area contributed by atoms with Gasteiger partial charge in [-0.2, -0.15) is 26.3 Å². The van der Waals surface area contributed by atoms with Crippen LogP contribution in [-0.2, 0) is 12.4 Å². The Morgan fingerprint density at radius 1 is 1.00 bits per heavy atom. The highest BCUT2D eigenvalue weighted by atomic mass is 79.9. The lowest BCUT2D eigenvalue weighted by atomic mass is 10.0. The highest BCUT2D eigenvalue weighted by Gasteiger charge is 2.36. The number of benzene rings is 1. The highest BCUT2D eigenvalue weighted by Crippen LogP contribution is 2.36. The first-order chi connectivity index (χ1) is 8.54. The number of hydrogen-bond donors (Lipinski definition) is 0. The monoisotopic (exact) mass is 346 g/mol. The molecular formula is C12H9BrF6. The molecule has 0 radical (unpaired) electrons. The first-order valence-corrected chi connectivity index (χ1v) is 6.19. The molecule has 0 aliphatic rings. The van der Waals surface area contributed by atoms with Crippen LogP contribution in [0.5, 0.6) is 0 Å². The van der Waals surface area contributed by atoms with Gasteiger partial charge in [0.15, 0.2) is 0 Å². The topological polar surface area (TPSA) is 0 Å². The van der Waals surface area contributed by atoms with E-state index in [1.165, 1.54) is 6.08 Å². The van der Waals surface area contributed by atoms with Gasteiger partial charge in [0, 0.05) is 5.33 Å². The first-order valence-electron chi connectivity index (χ1n) is 5.06. The van der Waals surface area contributed by atoms with Crippen molar-refractivity contribution >= 4 is 22.0 Å². The van der Waals surface area contributed by atoms with Crippen LogP contribution in [-0.4, -0.2) is 5.33 Å². The molecule has 0 atom stereocenters. The second-order valence-electron chi connectivity index (χ2n) is 3.96. The zero-order valence-corrected chi connectivity index (χ0v) is 11.2. The minimum Gasteiger partial charge on any atom is -0.166 e. The van der Waals surface area contributed by atoms with Crippen LogP contribution < -0.4 is 0 Å². The second-order valence-corrected chi connectivity index (χ2v) is 4.52. The lowest BCUT2D eigenvalue weighted by Gasteiger charge is -2.13. The first kappa shape index (κ1) is 16.1. The third-order valence-electron chi connectivity index (χ3n) is 2.23. The molecule has 0 nitrogen and oxygen atoms in total. The highest BCUT2D eigenvalue weighted by molar-refractivity contribution is 9.09. The Balaban J connectivity index is 3.41. The Bertz CT molecular complexity index is 452. The number of halogens is 7. The minimum absolute atomic E-state index is 0.112. The Morgan fingerprint density at radius 2 is 1.42 bits per heavy atom. The van der Waals surface area contributed by atoms with Crippen LogP contribution in [0.2, 0.25) is 0 Å². The smallest absolute Gasteiger partial charge is 0.166 e. The third-order valence-corrected chi connectivity index (χ3v) is 3.12. The summed E-state index contributed by atoms with van der Waals surface area (Å²) in [7, 11) is 0. The SMILES string of the molecule is CC(=Cc1cc(C(F)(F)F)cc(C(F)(F)F)c1)CBr. The standard InChI is InChI=1S/C12H9BrF6/c1-7(6-13)2-8-3-9(11(14,15)16)5-10(4-8)12(17,18)19/h2-5H,6H2,1H3.